The average Bonchev–Trinajstić information content (AvgIpc) is 2.05. The topological polar surface area (TPSA) is 12.0 Å². The van der Waals surface area contributed by atoms with Gasteiger partial charge < -0.3 is 5.32 Å². The van der Waals surface area contributed by atoms with E-state index >= 15 is 0 Å². The highest BCUT2D eigenvalue weighted by Crippen LogP contribution is 2.30. The van der Waals surface area contributed by atoms with Crippen LogP contribution in [0.15, 0.2) is 34.7 Å². The lowest BCUT2D eigenvalue weighted by atomic mass is 10.3. The summed E-state index contributed by atoms with van der Waals surface area (Å²) >= 11 is 1.71. The van der Waals surface area contributed by atoms with Gasteiger partial charge in [-0.15, -0.1) is 0 Å². The highest BCUT2D eigenvalue weighted by molar-refractivity contribution is 8.02. The van der Waals surface area contributed by atoms with Gasteiger partial charge in [0.1, 0.15) is 0 Å². The average molecular weight is 148 g/mol. The quantitative estimate of drug-likeness (QED) is 0.606. The Morgan fingerprint density at radius 3 is 3.40 bits per heavy atom. The Bertz CT molecular complexity index is 241. The number of nitrogens with one attached hydrogen (secondary N) is 1. The molecule has 1 aromatic carbocycles. The Labute approximate surface area is 64.1 Å². The summed E-state index contributed by atoms with van der Waals surface area (Å²) in [6, 6.07) is 8.94. The Balaban J connectivity index is 2.47. The summed E-state index contributed by atoms with van der Waals surface area (Å²) < 4.78 is 0. The zero-order chi connectivity index (χ0) is 6.81. The maximum atomic E-state index is 3.14. The van der Waals surface area contributed by atoms with Crippen LogP contribution in [0.1, 0.15) is 0 Å². The first kappa shape index (κ1) is 5.86. The highest BCUT2D eigenvalue weighted by Gasteiger charge is 2.01. The Hall–Kier alpha value is -0.890. The van der Waals surface area contributed by atoms with Gasteiger partial charge in [0.05, 0.1) is 5.69 Å². The third kappa shape index (κ3) is 0.907. The molecule has 0 aromatic heterocycles. The van der Waals surface area contributed by atoms with Crippen molar-refractivity contribution in [2.24, 2.45) is 0 Å². The van der Waals surface area contributed by atoms with Crippen LogP contribution in [0.4, 0.5) is 5.69 Å². The monoisotopic (exact) mass is 148 g/mol. The minimum atomic E-state index is 1.17. The van der Waals surface area contributed by atoms with Gasteiger partial charge in [-0.05, 0) is 23.6 Å². The molecule has 0 saturated carbocycles. The number of hydrogen-bond donors (Lipinski definition) is 1. The van der Waals surface area contributed by atoms with E-state index < -0.39 is 0 Å². The summed E-state index contributed by atoms with van der Waals surface area (Å²) in [5, 5.41) is 5.17. The zero-order valence-electron chi connectivity index (χ0n) is 5.29. The van der Waals surface area contributed by atoms with Crippen LogP contribution in [-0.2, 0) is 0 Å². The van der Waals surface area contributed by atoms with Crippen molar-refractivity contribution in [1.29, 1.82) is 0 Å². The molecule has 1 aliphatic heterocycles. The molecule has 2 rings (SSSR count). The van der Waals surface area contributed by atoms with Crippen LogP contribution in [0.5, 0.6) is 0 Å². The molecule has 0 fully saturated rings. The molecule has 0 aliphatic carbocycles. The summed E-state index contributed by atoms with van der Waals surface area (Å²) in [5.41, 5.74) is 1.17. The lowest BCUT2D eigenvalue weighted by Gasteiger charge is -2.09. The van der Waals surface area contributed by atoms with Crippen molar-refractivity contribution in [3.8, 4) is 0 Å². The van der Waals surface area contributed by atoms with E-state index in [0.717, 1.165) is 0 Å². The summed E-state index contributed by atoms with van der Waals surface area (Å²) in [6.45, 7) is 0. The molecule has 0 bridgehead atoms. The van der Waals surface area contributed by atoms with Crippen LogP contribution >= 0.6 is 11.8 Å². The van der Waals surface area contributed by atoms with Crippen molar-refractivity contribution in [3.63, 3.8) is 0 Å². The molecule has 0 unspecified atom stereocenters. The first-order valence-electron chi connectivity index (χ1n) is 3.05. The Kier molecular flexibility index (Phi) is 1.40. The van der Waals surface area contributed by atoms with Gasteiger partial charge in [-0.25, -0.2) is 0 Å². The zero-order valence-corrected chi connectivity index (χ0v) is 6.11. The fourth-order valence-electron chi connectivity index (χ4n) is 0.863. The number of fused-ring (bicyclic) bond motifs is 1. The van der Waals surface area contributed by atoms with E-state index in [9.17, 15) is 0 Å². The van der Waals surface area contributed by atoms with E-state index in [1.807, 2.05) is 29.8 Å². The van der Waals surface area contributed by atoms with Crippen LogP contribution in [0.2, 0.25) is 0 Å². The Morgan fingerprint density at radius 1 is 1.50 bits per heavy atom. The van der Waals surface area contributed by atoms with Crippen LogP contribution < -0.4 is 5.32 Å². The van der Waals surface area contributed by atoms with Crippen molar-refractivity contribution in [2.75, 3.05) is 5.32 Å². The number of anilines is 1. The van der Waals surface area contributed by atoms with Crippen LogP contribution in [0.25, 0.3) is 0 Å². The van der Waals surface area contributed by atoms with E-state index in [1.54, 1.807) is 11.8 Å². The third-order valence-corrected chi connectivity index (χ3v) is 2.19. The van der Waals surface area contributed by atoms with Gasteiger partial charge in [-0.3, -0.25) is 0 Å². The predicted octanol–water partition coefficient (Wildman–Crippen LogP) is 2.48. The molecular weight excluding hydrogens is 142 g/mol. The summed E-state index contributed by atoms with van der Waals surface area (Å²) in [4.78, 5) is 1.24. The molecule has 1 aromatic rings. The summed E-state index contributed by atoms with van der Waals surface area (Å²) in [6.07, 6.45) is 1.94. The normalized spacial score (nSPS) is 14.0. The second-order valence-corrected chi connectivity index (χ2v) is 2.93. The first-order chi connectivity index (χ1) is 4.97. The van der Waals surface area contributed by atoms with Crippen molar-refractivity contribution in [1.82, 2.24) is 0 Å². The third-order valence-electron chi connectivity index (χ3n) is 1.33. The standard InChI is InChI=1S/C8H6NS/c1-2-4-8-7(3-1)9-5-6-10-8/h1,3-6,9H. The summed E-state index contributed by atoms with van der Waals surface area (Å²) in [7, 11) is 0. The predicted molar refractivity (Wildman–Crippen MR) is 43.9 cm³/mol. The van der Waals surface area contributed by atoms with Gasteiger partial charge in [0, 0.05) is 11.1 Å². The van der Waals surface area contributed by atoms with Crippen molar-refractivity contribution in [3.05, 3.63) is 35.9 Å². The molecule has 1 heterocycles. The second kappa shape index (κ2) is 2.39. The molecule has 0 saturated heterocycles. The fourth-order valence-corrected chi connectivity index (χ4v) is 1.54. The van der Waals surface area contributed by atoms with Crippen molar-refractivity contribution in [2.45, 2.75) is 4.90 Å². The molecule has 0 atom stereocenters. The highest BCUT2D eigenvalue weighted by atomic mass is 32.2. The van der Waals surface area contributed by atoms with Crippen LogP contribution in [0.3, 0.4) is 0 Å². The molecule has 0 amide bonds. The maximum absolute atomic E-state index is 3.14. The number of thioether (sulfide) groups is 1. The first-order valence-corrected chi connectivity index (χ1v) is 3.93. The molecule has 1 nitrogen and oxygen atoms in total. The van der Waals surface area contributed by atoms with Gasteiger partial charge in [-0.1, -0.05) is 17.8 Å². The van der Waals surface area contributed by atoms with Crippen LogP contribution in [0, 0.1) is 6.07 Å². The molecule has 0 spiro atoms. The van der Waals surface area contributed by atoms with E-state index in [-0.39, 0.29) is 0 Å². The van der Waals surface area contributed by atoms with Gasteiger partial charge >= 0.3 is 0 Å². The SMILES string of the molecule is [c]1ccc2c(c1)SC=CN2. The van der Waals surface area contributed by atoms with E-state index in [0.29, 0.717) is 0 Å². The van der Waals surface area contributed by atoms with Gasteiger partial charge in [0.15, 0.2) is 0 Å². The number of benzene rings is 1. The van der Waals surface area contributed by atoms with E-state index in [1.165, 1.54) is 10.6 Å². The molecule has 49 valence electrons. The largest absolute Gasteiger partial charge is 0.360 e. The lowest BCUT2D eigenvalue weighted by molar-refractivity contribution is 1.41. The van der Waals surface area contributed by atoms with Gasteiger partial charge in [0.2, 0.25) is 0 Å². The second-order valence-electron chi connectivity index (χ2n) is 1.99. The summed E-state index contributed by atoms with van der Waals surface area (Å²) in [5.74, 6) is 0. The molecule has 1 N–H and O–H groups in total. The lowest BCUT2D eigenvalue weighted by Crippen LogP contribution is -1.91. The van der Waals surface area contributed by atoms with Crippen LogP contribution in [-0.4, -0.2) is 0 Å². The van der Waals surface area contributed by atoms with Gasteiger partial charge in [-0.2, -0.15) is 0 Å². The molecule has 2 heteroatoms. The fraction of sp³-hybridized carbons (Fsp3) is 0. The minimum Gasteiger partial charge on any atom is -0.360 e. The van der Waals surface area contributed by atoms with Gasteiger partial charge in [0.25, 0.3) is 0 Å². The van der Waals surface area contributed by atoms with E-state index in [2.05, 4.69) is 11.4 Å². The Morgan fingerprint density at radius 2 is 2.50 bits per heavy atom. The molecule has 1 aliphatic rings. The molecule has 1 radical (unpaired) electrons. The van der Waals surface area contributed by atoms with Crippen molar-refractivity contribution < 1.29 is 0 Å². The molecule has 10 heavy (non-hydrogen) atoms. The maximum Gasteiger partial charge on any atom is 0.0521 e. The van der Waals surface area contributed by atoms with E-state index in [4.69, 9.17) is 0 Å². The number of rotatable bonds is 0. The smallest absolute Gasteiger partial charge is 0.0521 e. The number of hydrogen-bond acceptors (Lipinski definition) is 2. The molecular formula is C8H6NS. The minimum absolute atomic E-state index is 1.17. The van der Waals surface area contributed by atoms with Crippen molar-refractivity contribution >= 4 is 17.4 Å².